The number of hydrogen-bond acceptors (Lipinski definition) is 3. The van der Waals surface area contributed by atoms with Gasteiger partial charge in [-0.1, -0.05) is 6.92 Å². The maximum atomic E-state index is 11.3. The van der Waals surface area contributed by atoms with Crippen LogP contribution in [0.2, 0.25) is 0 Å². The van der Waals surface area contributed by atoms with Crippen LogP contribution in [0.15, 0.2) is 11.8 Å². The molecule has 0 bridgehead atoms. The highest BCUT2D eigenvalue weighted by Gasteiger charge is 2.33. The van der Waals surface area contributed by atoms with Gasteiger partial charge < -0.3 is 4.74 Å². The van der Waals surface area contributed by atoms with Crippen molar-refractivity contribution in [3.63, 3.8) is 0 Å². The Morgan fingerprint density at radius 2 is 1.87 bits per heavy atom. The van der Waals surface area contributed by atoms with E-state index in [-0.39, 0.29) is 5.41 Å². The van der Waals surface area contributed by atoms with Crippen LogP contribution in [0.5, 0.6) is 0 Å². The summed E-state index contributed by atoms with van der Waals surface area (Å²) in [5.74, 6) is 0.614. The Kier molecular flexibility index (Phi) is 3.82. The summed E-state index contributed by atoms with van der Waals surface area (Å²) in [5, 5.41) is 0. The first-order valence-electron chi connectivity index (χ1n) is 5.28. The topological polar surface area (TPSA) is 43.4 Å². The van der Waals surface area contributed by atoms with Crippen molar-refractivity contribution in [2.45, 2.75) is 33.6 Å². The summed E-state index contributed by atoms with van der Waals surface area (Å²) in [4.78, 5) is 0. The van der Waals surface area contributed by atoms with Gasteiger partial charge in [0, 0.05) is 5.41 Å². The van der Waals surface area contributed by atoms with Crippen LogP contribution >= 0.6 is 0 Å². The van der Waals surface area contributed by atoms with Crippen molar-refractivity contribution >= 4 is 9.84 Å². The van der Waals surface area contributed by atoms with Crippen LogP contribution in [0.1, 0.15) is 33.6 Å². The number of sulfone groups is 1. The molecule has 88 valence electrons. The van der Waals surface area contributed by atoms with E-state index in [1.807, 2.05) is 13.8 Å². The summed E-state index contributed by atoms with van der Waals surface area (Å²) in [6.07, 6.45) is 3.17. The standard InChI is InChI=1S/C11H20O3S/c1-10(2)8-14-9-11(3)4-6-15(12,13)7-5-11/h8H,4-7,9H2,1-3H3. The van der Waals surface area contributed by atoms with E-state index in [4.69, 9.17) is 4.74 Å². The van der Waals surface area contributed by atoms with Crippen LogP contribution in [-0.4, -0.2) is 26.5 Å². The minimum absolute atomic E-state index is 0.0251. The van der Waals surface area contributed by atoms with Gasteiger partial charge in [0.25, 0.3) is 0 Å². The van der Waals surface area contributed by atoms with Gasteiger partial charge in [0.05, 0.1) is 24.4 Å². The molecule has 3 nitrogen and oxygen atoms in total. The van der Waals surface area contributed by atoms with Gasteiger partial charge in [-0.05, 0) is 32.3 Å². The Bertz CT molecular complexity index is 323. The molecule has 0 aromatic carbocycles. The number of hydrogen-bond donors (Lipinski definition) is 0. The highest BCUT2D eigenvalue weighted by Crippen LogP contribution is 2.32. The lowest BCUT2D eigenvalue weighted by Gasteiger charge is -2.32. The Hall–Kier alpha value is -0.510. The van der Waals surface area contributed by atoms with Crippen molar-refractivity contribution in [1.82, 2.24) is 0 Å². The summed E-state index contributed by atoms with van der Waals surface area (Å²) in [6.45, 7) is 6.68. The highest BCUT2D eigenvalue weighted by molar-refractivity contribution is 7.91. The fraction of sp³-hybridized carbons (Fsp3) is 0.818. The molecule has 0 spiro atoms. The SMILES string of the molecule is CC(C)=COCC1(C)CCS(=O)(=O)CC1. The quantitative estimate of drug-likeness (QED) is 0.700. The van der Waals surface area contributed by atoms with Gasteiger partial charge in [-0.2, -0.15) is 0 Å². The second-order valence-corrected chi connectivity index (χ2v) is 7.27. The third-order valence-corrected chi connectivity index (χ3v) is 4.44. The van der Waals surface area contributed by atoms with Crippen LogP contribution in [0, 0.1) is 5.41 Å². The lowest BCUT2D eigenvalue weighted by atomic mass is 9.85. The van der Waals surface area contributed by atoms with Crippen molar-refractivity contribution in [3.8, 4) is 0 Å². The lowest BCUT2D eigenvalue weighted by molar-refractivity contribution is 0.111. The number of rotatable bonds is 3. The predicted molar refractivity (Wildman–Crippen MR) is 61.4 cm³/mol. The molecule has 0 aromatic heterocycles. The molecule has 0 aliphatic carbocycles. The second-order valence-electron chi connectivity index (χ2n) is 4.97. The molecule has 1 aliphatic heterocycles. The molecule has 0 aromatic rings. The van der Waals surface area contributed by atoms with E-state index in [9.17, 15) is 8.42 Å². The molecule has 1 saturated heterocycles. The summed E-state index contributed by atoms with van der Waals surface area (Å²) >= 11 is 0. The largest absolute Gasteiger partial charge is 0.501 e. The van der Waals surface area contributed by atoms with Crippen LogP contribution in [0.3, 0.4) is 0 Å². The van der Waals surface area contributed by atoms with E-state index >= 15 is 0 Å². The minimum Gasteiger partial charge on any atom is -0.501 e. The summed E-state index contributed by atoms with van der Waals surface area (Å²) in [7, 11) is -2.77. The van der Waals surface area contributed by atoms with Gasteiger partial charge in [0.2, 0.25) is 0 Å². The van der Waals surface area contributed by atoms with Crippen molar-refractivity contribution in [2.75, 3.05) is 18.1 Å². The van der Waals surface area contributed by atoms with Gasteiger partial charge in [-0.25, -0.2) is 8.42 Å². The van der Waals surface area contributed by atoms with E-state index in [0.29, 0.717) is 31.0 Å². The van der Waals surface area contributed by atoms with Gasteiger partial charge in [0.1, 0.15) is 9.84 Å². The van der Waals surface area contributed by atoms with Gasteiger partial charge >= 0.3 is 0 Å². The Labute approximate surface area is 92.4 Å². The number of ether oxygens (including phenoxy) is 1. The Morgan fingerprint density at radius 1 is 1.33 bits per heavy atom. The van der Waals surface area contributed by atoms with Crippen molar-refractivity contribution < 1.29 is 13.2 Å². The van der Waals surface area contributed by atoms with Crippen LogP contribution in [0.25, 0.3) is 0 Å². The molecule has 0 amide bonds. The fourth-order valence-electron chi connectivity index (χ4n) is 1.58. The summed E-state index contributed by atoms with van der Waals surface area (Å²) < 4.78 is 28.0. The third kappa shape index (κ3) is 4.24. The number of allylic oxidation sites excluding steroid dienone is 1. The lowest BCUT2D eigenvalue weighted by Crippen LogP contribution is -2.34. The zero-order chi connectivity index (χ0) is 11.5. The first-order chi connectivity index (χ1) is 6.83. The van der Waals surface area contributed by atoms with Crippen molar-refractivity contribution in [1.29, 1.82) is 0 Å². The van der Waals surface area contributed by atoms with Gasteiger partial charge in [-0.15, -0.1) is 0 Å². The molecule has 0 radical (unpaired) electrons. The average molecular weight is 232 g/mol. The third-order valence-electron chi connectivity index (χ3n) is 2.78. The van der Waals surface area contributed by atoms with E-state index in [0.717, 1.165) is 5.57 Å². The molecule has 15 heavy (non-hydrogen) atoms. The maximum absolute atomic E-state index is 11.3. The van der Waals surface area contributed by atoms with Crippen LogP contribution < -0.4 is 0 Å². The monoisotopic (exact) mass is 232 g/mol. The van der Waals surface area contributed by atoms with E-state index in [1.54, 1.807) is 6.26 Å². The Morgan fingerprint density at radius 3 is 2.33 bits per heavy atom. The summed E-state index contributed by atoms with van der Waals surface area (Å²) in [5.41, 5.74) is 1.15. The highest BCUT2D eigenvalue weighted by atomic mass is 32.2. The maximum Gasteiger partial charge on any atom is 0.150 e. The fourth-order valence-corrected chi connectivity index (χ4v) is 3.40. The minimum atomic E-state index is -2.77. The molecule has 1 aliphatic rings. The molecule has 1 rings (SSSR count). The molecule has 1 fully saturated rings. The molecule has 0 unspecified atom stereocenters. The molecule has 0 atom stereocenters. The van der Waals surface area contributed by atoms with Crippen LogP contribution in [0.4, 0.5) is 0 Å². The van der Waals surface area contributed by atoms with Gasteiger partial charge in [0.15, 0.2) is 0 Å². The van der Waals surface area contributed by atoms with Gasteiger partial charge in [-0.3, -0.25) is 0 Å². The van der Waals surface area contributed by atoms with E-state index in [1.165, 1.54) is 0 Å². The zero-order valence-electron chi connectivity index (χ0n) is 9.75. The molecule has 0 N–H and O–H groups in total. The predicted octanol–water partition coefficient (Wildman–Crippen LogP) is 2.14. The van der Waals surface area contributed by atoms with E-state index < -0.39 is 9.84 Å². The molecular formula is C11H20O3S. The van der Waals surface area contributed by atoms with Crippen molar-refractivity contribution in [3.05, 3.63) is 11.8 Å². The first-order valence-corrected chi connectivity index (χ1v) is 7.11. The normalized spacial score (nSPS) is 23.1. The molecular weight excluding hydrogens is 212 g/mol. The van der Waals surface area contributed by atoms with Crippen LogP contribution in [-0.2, 0) is 14.6 Å². The Balaban J connectivity index is 2.45. The molecule has 0 saturated carbocycles. The summed E-state index contributed by atoms with van der Waals surface area (Å²) in [6, 6.07) is 0. The molecule has 4 heteroatoms. The smallest absolute Gasteiger partial charge is 0.150 e. The average Bonchev–Trinajstić information content (AvgIpc) is 2.11. The first kappa shape index (κ1) is 12.6. The zero-order valence-corrected chi connectivity index (χ0v) is 10.6. The second kappa shape index (κ2) is 4.56. The van der Waals surface area contributed by atoms with E-state index in [2.05, 4.69) is 6.92 Å². The van der Waals surface area contributed by atoms with Crippen molar-refractivity contribution in [2.24, 2.45) is 5.41 Å². The molecule has 1 heterocycles.